The number of carbonyl (C=O) groups is 1. The zero-order valence-corrected chi connectivity index (χ0v) is 24.3. The topological polar surface area (TPSA) is 114 Å². The molecule has 1 aliphatic heterocycles. The fourth-order valence-electron chi connectivity index (χ4n) is 3.41. The zero-order chi connectivity index (χ0) is 26.4. The number of thioether (sulfide) groups is 2. The number of nitrogens with zero attached hydrogens (tertiary/aromatic N) is 2. The lowest BCUT2D eigenvalue weighted by Crippen LogP contribution is -2.40. The highest BCUT2D eigenvalue weighted by atomic mass is 32.2. The fourth-order valence-corrected chi connectivity index (χ4v) is 6.15. The molecule has 8 nitrogen and oxygen atoms in total. The van der Waals surface area contributed by atoms with Crippen LogP contribution >= 0.6 is 23.5 Å². The van der Waals surface area contributed by atoms with E-state index in [1.54, 1.807) is 19.1 Å². The van der Waals surface area contributed by atoms with Crippen molar-refractivity contribution in [2.45, 2.75) is 76.0 Å². The van der Waals surface area contributed by atoms with Gasteiger partial charge in [0.1, 0.15) is 6.04 Å². The maximum atomic E-state index is 12.0. The van der Waals surface area contributed by atoms with Crippen LogP contribution in [0.2, 0.25) is 18.1 Å². The Morgan fingerprint density at radius 1 is 1.29 bits per heavy atom. The van der Waals surface area contributed by atoms with Gasteiger partial charge in [0.15, 0.2) is 13.5 Å². The number of nitrogens with one attached hydrogen (secondary N) is 1. The minimum absolute atomic E-state index is 0.0180. The SMILES string of the molecule is CSC1=NC(c2cccc([N+](=O)[O-])c2SCCCCCO[Si](C)(C)C(C)(C)C)C(C(=O)O)=C(C)N1. The van der Waals surface area contributed by atoms with Crippen LogP contribution in [0.25, 0.3) is 0 Å². The third-order valence-electron chi connectivity index (χ3n) is 6.46. The van der Waals surface area contributed by atoms with Crippen molar-refractivity contribution in [1.29, 1.82) is 0 Å². The minimum atomic E-state index is -1.75. The second kappa shape index (κ2) is 12.4. The molecule has 1 aliphatic rings. The van der Waals surface area contributed by atoms with Crippen LogP contribution in [-0.2, 0) is 9.22 Å². The molecule has 0 fully saturated rings. The maximum absolute atomic E-state index is 12.0. The molecule has 1 aromatic carbocycles. The molecule has 0 saturated carbocycles. The van der Waals surface area contributed by atoms with Gasteiger partial charge in [0.05, 0.1) is 15.4 Å². The Labute approximate surface area is 217 Å². The number of unbranched alkanes of at least 4 members (excludes halogenated alkanes) is 2. The number of nitro groups is 1. The summed E-state index contributed by atoms with van der Waals surface area (Å²) < 4.78 is 6.23. The van der Waals surface area contributed by atoms with E-state index in [0.29, 0.717) is 27.1 Å². The molecule has 0 bridgehead atoms. The van der Waals surface area contributed by atoms with E-state index in [9.17, 15) is 20.0 Å². The molecule has 1 unspecified atom stereocenters. The maximum Gasteiger partial charge on any atom is 0.335 e. The second-order valence-electron chi connectivity index (χ2n) is 9.98. The van der Waals surface area contributed by atoms with E-state index >= 15 is 0 Å². The van der Waals surface area contributed by atoms with Gasteiger partial charge < -0.3 is 14.8 Å². The van der Waals surface area contributed by atoms with Gasteiger partial charge in [-0.05, 0) is 49.9 Å². The largest absolute Gasteiger partial charge is 0.478 e. The summed E-state index contributed by atoms with van der Waals surface area (Å²) in [5.41, 5.74) is 1.13. The van der Waals surface area contributed by atoms with Gasteiger partial charge in [-0.25, -0.2) is 9.79 Å². The first-order valence-corrected chi connectivity index (χ1v) is 16.8. The highest BCUT2D eigenvalue weighted by Crippen LogP contribution is 2.42. The van der Waals surface area contributed by atoms with Crippen molar-refractivity contribution in [3.05, 3.63) is 45.1 Å². The summed E-state index contributed by atoms with van der Waals surface area (Å²) in [6, 6.07) is 4.00. The number of benzene rings is 1. The summed E-state index contributed by atoms with van der Waals surface area (Å²) >= 11 is 2.77. The number of carboxylic acids is 1. The predicted molar refractivity (Wildman–Crippen MR) is 148 cm³/mol. The molecule has 1 heterocycles. The van der Waals surface area contributed by atoms with Gasteiger partial charge in [-0.15, -0.1) is 11.8 Å². The summed E-state index contributed by atoms with van der Waals surface area (Å²) in [6.07, 6.45) is 4.62. The van der Waals surface area contributed by atoms with Crippen LogP contribution in [0.1, 0.15) is 58.6 Å². The molecule has 194 valence electrons. The highest BCUT2D eigenvalue weighted by Gasteiger charge is 2.37. The molecule has 0 aliphatic carbocycles. The Balaban J connectivity index is 2.15. The molecular weight excluding hydrogens is 503 g/mol. The van der Waals surface area contributed by atoms with E-state index in [2.05, 4.69) is 44.2 Å². The van der Waals surface area contributed by atoms with Gasteiger partial charge in [-0.2, -0.15) is 0 Å². The predicted octanol–water partition coefficient (Wildman–Crippen LogP) is 6.60. The number of aliphatic carboxylic acids is 1. The van der Waals surface area contributed by atoms with Crippen LogP contribution in [0.15, 0.2) is 39.4 Å². The summed E-state index contributed by atoms with van der Waals surface area (Å²) in [6.45, 7) is 13.6. The lowest BCUT2D eigenvalue weighted by molar-refractivity contribution is -0.387. The van der Waals surface area contributed by atoms with E-state index in [1.807, 2.05) is 6.26 Å². The number of aliphatic imine (C=N–C) groups is 1. The van der Waals surface area contributed by atoms with Crippen LogP contribution in [-0.4, -0.2) is 48.1 Å². The number of carboxylic acid groups (broad SMARTS) is 1. The van der Waals surface area contributed by atoms with E-state index in [1.165, 1.54) is 29.6 Å². The van der Waals surface area contributed by atoms with Crippen molar-refractivity contribution in [2.24, 2.45) is 4.99 Å². The second-order valence-corrected chi connectivity index (χ2v) is 16.7. The molecule has 0 spiro atoms. The third kappa shape index (κ3) is 7.58. The monoisotopic (exact) mass is 539 g/mol. The van der Waals surface area contributed by atoms with Gasteiger partial charge in [-0.3, -0.25) is 10.1 Å². The van der Waals surface area contributed by atoms with E-state index in [4.69, 9.17) is 4.43 Å². The number of nitro benzene ring substituents is 1. The lowest BCUT2D eigenvalue weighted by atomic mass is 9.96. The summed E-state index contributed by atoms with van der Waals surface area (Å²) in [5.74, 6) is -0.402. The smallest absolute Gasteiger partial charge is 0.335 e. The van der Waals surface area contributed by atoms with Crippen molar-refractivity contribution in [1.82, 2.24) is 5.32 Å². The van der Waals surface area contributed by atoms with Gasteiger partial charge >= 0.3 is 5.97 Å². The third-order valence-corrected chi connectivity index (χ3v) is 12.8. The quantitative estimate of drug-likeness (QED) is 0.106. The number of allylic oxidation sites excluding steroid dienone is 1. The van der Waals surface area contributed by atoms with E-state index in [-0.39, 0.29) is 16.3 Å². The summed E-state index contributed by atoms with van der Waals surface area (Å²) in [5, 5.41) is 25.4. The standard InChI is InChI=1S/C24H37N3O5S2Si/c1-16-19(22(28)29)20(26-23(25-16)33-5)17-12-11-13-18(27(30)31)21(17)34-15-10-8-9-14-32-35(6,7)24(2,3)4/h11-13,20H,8-10,14-15H2,1-7H3,(H,25,26)(H,28,29). The van der Waals surface area contributed by atoms with Crippen LogP contribution in [0.3, 0.4) is 0 Å². The van der Waals surface area contributed by atoms with Crippen molar-refractivity contribution in [2.75, 3.05) is 18.6 Å². The van der Waals surface area contributed by atoms with Crippen LogP contribution in [0.4, 0.5) is 5.69 Å². The van der Waals surface area contributed by atoms with E-state index in [0.717, 1.165) is 25.9 Å². The Morgan fingerprint density at radius 2 is 1.97 bits per heavy atom. The first-order valence-electron chi connectivity index (χ1n) is 11.7. The highest BCUT2D eigenvalue weighted by molar-refractivity contribution is 8.13. The van der Waals surface area contributed by atoms with Crippen molar-refractivity contribution < 1.29 is 19.3 Å². The number of amidine groups is 1. The molecule has 0 saturated heterocycles. The Kier molecular flexibility index (Phi) is 10.4. The molecule has 0 amide bonds. The van der Waals surface area contributed by atoms with Crippen LogP contribution < -0.4 is 5.32 Å². The van der Waals surface area contributed by atoms with Gasteiger partial charge in [0.25, 0.3) is 5.69 Å². The van der Waals surface area contributed by atoms with Crippen molar-refractivity contribution >= 4 is 48.7 Å². The Morgan fingerprint density at radius 3 is 2.54 bits per heavy atom. The Bertz CT molecular complexity index is 1010. The van der Waals surface area contributed by atoms with Crippen LogP contribution in [0, 0.1) is 10.1 Å². The molecule has 2 rings (SSSR count). The van der Waals surface area contributed by atoms with Crippen LogP contribution in [0.5, 0.6) is 0 Å². The number of hydrogen-bond acceptors (Lipinski definition) is 8. The van der Waals surface area contributed by atoms with E-state index < -0.39 is 25.3 Å². The molecule has 35 heavy (non-hydrogen) atoms. The molecule has 11 heteroatoms. The summed E-state index contributed by atoms with van der Waals surface area (Å²) in [7, 11) is -1.75. The lowest BCUT2D eigenvalue weighted by Gasteiger charge is -2.36. The van der Waals surface area contributed by atoms with Gasteiger partial charge in [-0.1, -0.05) is 51.1 Å². The minimum Gasteiger partial charge on any atom is -0.478 e. The average Bonchev–Trinajstić information content (AvgIpc) is 2.76. The fraction of sp³-hybridized carbons (Fsp3) is 0.583. The molecule has 0 radical (unpaired) electrons. The van der Waals surface area contributed by atoms with Gasteiger partial charge in [0.2, 0.25) is 0 Å². The average molecular weight is 540 g/mol. The number of rotatable bonds is 11. The molecule has 2 N–H and O–H groups in total. The molecule has 1 atom stereocenters. The van der Waals surface area contributed by atoms with Crippen molar-refractivity contribution in [3.8, 4) is 0 Å². The first-order chi connectivity index (χ1) is 16.3. The molecule has 0 aromatic heterocycles. The zero-order valence-electron chi connectivity index (χ0n) is 21.6. The molecular formula is C24H37N3O5S2Si. The van der Waals surface area contributed by atoms with Gasteiger partial charge in [0, 0.05) is 23.9 Å². The van der Waals surface area contributed by atoms with Crippen molar-refractivity contribution in [3.63, 3.8) is 0 Å². The first kappa shape index (κ1) is 29.4. The number of hydrogen-bond donors (Lipinski definition) is 2. The normalized spacial score (nSPS) is 16.7. The molecule has 1 aromatic rings. The Hall–Kier alpha value is -1.82. The summed E-state index contributed by atoms with van der Waals surface area (Å²) in [4.78, 5) is 28.5.